The van der Waals surface area contributed by atoms with Crippen LogP contribution in [0.25, 0.3) is 0 Å². The van der Waals surface area contributed by atoms with Crippen LogP contribution in [0.15, 0.2) is 0 Å². The van der Waals surface area contributed by atoms with Crippen molar-refractivity contribution in [2.75, 3.05) is 13.7 Å². The van der Waals surface area contributed by atoms with Crippen LogP contribution in [-0.4, -0.2) is 47.7 Å². The van der Waals surface area contributed by atoms with Crippen molar-refractivity contribution in [2.24, 2.45) is 5.92 Å². The van der Waals surface area contributed by atoms with Crippen molar-refractivity contribution in [3.63, 3.8) is 0 Å². The second kappa shape index (κ2) is 5.04. The number of hydrogen-bond donors (Lipinski definition) is 1. The van der Waals surface area contributed by atoms with E-state index in [-0.39, 0.29) is 30.3 Å². The number of hydrogen-bond acceptors (Lipinski definition) is 4. The van der Waals surface area contributed by atoms with Crippen molar-refractivity contribution in [2.45, 2.75) is 44.2 Å². The van der Waals surface area contributed by atoms with Gasteiger partial charge in [0.25, 0.3) is 0 Å². The molecule has 0 spiro atoms. The number of esters is 1. The van der Waals surface area contributed by atoms with E-state index in [2.05, 4.69) is 4.74 Å². The van der Waals surface area contributed by atoms with E-state index in [1.54, 1.807) is 4.90 Å². The van der Waals surface area contributed by atoms with Crippen LogP contribution in [0.5, 0.6) is 0 Å². The third kappa shape index (κ3) is 2.44. The van der Waals surface area contributed by atoms with Crippen LogP contribution in [0, 0.1) is 5.92 Å². The summed E-state index contributed by atoms with van der Waals surface area (Å²) in [7, 11) is 1.34. The average Bonchev–Trinajstić information content (AvgIpc) is 2.71. The van der Waals surface area contributed by atoms with E-state index in [4.69, 9.17) is 0 Å². The van der Waals surface area contributed by atoms with E-state index < -0.39 is 6.10 Å². The number of rotatable bonds is 2. The van der Waals surface area contributed by atoms with Gasteiger partial charge in [0.1, 0.15) is 0 Å². The molecule has 1 N–H and O–H groups in total. The van der Waals surface area contributed by atoms with Gasteiger partial charge in [-0.25, -0.2) is 0 Å². The fourth-order valence-corrected chi connectivity index (χ4v) is 2.83. The normalized spacial score (nSPS) is 33.9. The highest BCUT2D eigenvalue weighted by molar-refractivity contribution is 5.87. The first kappa shape index (κ1) is 12.4. The molecule has 0 aromatic carbocycles. The fraction of sp³-hybridized carbons (Fsp3) is 0.833. The smallest absolute Gasteiger partial charge is 0.310 e. The number of carbonyl (C=O) groups is 2. The van der Waals surface area contributed by atoms with Gasteiger partial charge in [0, 0.05) is 13.0 Å². The molecule has 1 amide bonds. The van der Waals surface area contributed by atoms with Gasteiger partial charge in [0.15, 0.2) is 0 Å². The van der Waals surface area contributed by atoms with Gasteiger partial charge in [-0.3, -0.25) is 9.59 Å². The van der Waals surface area contributed by atoms with Crippen molar-refractivity contribution in [1.82, 2.24) is 4.90 Å². The van der Waals surface area contributed by atoms with E-state index in [9.17, 15) is 14.7 Å². The first-order valence-corrected chi connectivity index (χ1v) is 6.19. The number of aliphatic hydroxyl groups excluding tert-OH is 1. The highest BCUT2D eigenvalue weighted by Crippen LogP contribution is 2.29. The van der Waals surface area contributed by atoms with Crippen LogP contribution in [0.4, 0.5) is 0 Å². The number of aliphatic hydroxyl groups is 1. The summed E-state index contributed by atoms with van der Waals surface area (Å²) in [6.07, 6.45) is 3.41. The third-order valence-corrected chi connectivity index (χ3v) is 3.79. The Kier molecular flexibility index (Phi) is 3.66. The van der Waals surface area contributed by atoms with Crippen LogP contribution >= 0.6 is 0 Å². The van der Waals surface area contributed by atoms with Crippen LogP contribution in [-0.2, 0) is 14.3 Å². The minimum atomic E-state index is -0.441. The molecule has 96 valence electrons. The Morgan fingerprint density at radius 1 is 1.41 bits per heavy atom. The van der Waals surface area contributed by atoms with Crippen molar-refractivity contribution < 1.29 is 19.4 Å². The second-order valence-corrected chi connectivity index (χ2v) is 4.89. The van der Waals surface area contributed by atoms with Gasteiger partial charge in [0.05, 0.1) is 25.2 Å². The lowest BCUT2D eigenvalue weighted by molar-refractivity contribution is -0.145. The topological polar surface area (TPSA) is 66.8 Å². The number of methoxy groups -OCH3 is 1. The summed E-state index contributed by atoms with van der Waals surface area (Å²) >= 11 is 0. The number of amides is 1. The number of likely N-dealkylation sites (tertiary alicyclic amines) is 1. The van der Waals surface area contributed by atoms with Gasteiger partial charge in [0.2, 0.25) is 5.91 Å². The molecule has 2 aliphatic rings. The molecule has 17 heavy (non-hydrogen) atoms. The van der Waals surface area contributed by atoms with Gasteiger partial charge in [-0.15, -0.1) is 0 Å². The summed E-state index contributed by atoms with van der Waals surface area (Å²) in [5.74, 6) is -0.723. The molecular weight excluding hydrogens is 222 g/mol. The van der Waals surface area contributed by atoms with E-state index in [0.717, 1.165) is 25.7 Å². The van der Waals surface area contributed by atoms with Crippen LogP contribution in [0.1, 0.15) is 32.1 Å². The maximum absolute atomic E-state index is 11.9. The van der Waals surface area contributed by atoms with Gasteiger partial charge in [-0.2, -0.15) is 0 Å². The molecule has 1 aliphatic heterocycles. The molecule has 0 aromatic heterocycles. The van der Waals surface area contributed by atoms with Crippen molar-refractivity contribution in [1.29, 1.82) is 0 Å². The highest BCUT2D eigenvalue weighted by Gasteiger charge is 2.41. The van der Waals surface area contributed by atoms with Gasteiger partial charge in [-0.1, -0.05) is 12.8 Å². The Morgan fingerprint density at radius 3 is 2.76 bits per heavy atom. The summed E-state index contributed by atoms with van der Waals surface area (Å²) in [6.45, 7) is 0.396. The van der Waals surface area contributed by atoms with Crippen LogP contribution in [0.3, 0.4) is 0 Å². The molecule has 2 rings (SSSR count). The fourth-order valence-electron chi connectivity index (χ4n) is 2.83. The Hall–Kier alpha value is -1.10. The summed E-state index contributed by atoms with van der Waals surface area (Å²) < 4.78 is 4.66. The Morgan fingerprint density at radius 2 is 2.12 bits per heavy atom. The van der Waals surface area contributed by atoms with Crippen molar-refractivity contribution in [3.8, 4) is 0 Å². The van der Waals surface area contributed by atoms with Crippen LogP contribution in [0.2, 0.25) is 0 Å². The number of carbonyl (C=O) groups excluding carboxylic acids is 2. The number of nitrogens with zero attached hydrogens (tertiary/aromatic N) is 1. The highest BCUT2D eigenvalue weighted by atomic mass is 16.5. The summed E-state index contributed by atoms with van der Waals surface area (Å²) in [5, 5.41) is 9.92. The van der Waals surface area contributed by atoms with Crippen molar-refractivity contribution in [3.05, 3.63) is 0 Å². The maximum Gasteiger partial charge on any atom is 0.310 e. The predicted molar refractivity (Wildman–Crippen MR) is 60.1 cm³/mol. The summed E-state index contributed by atoms with van der Waals surface area (Å²) in [6, 6.07) is -0.106. The minimum Gasteiger partial charge on any atom is -0.469 e. The lowest BCUT2D eigenvalue weighted by Gasteiger charge is -2.35. The lowest BCUT2D eigenvalue weighted by atomic mass is 9.91. The van der Waals surface area contributed by atoms with Crippen LogP contribution < -0.4 is 0 Å². The zero-order chi connectivity index (χ0) is 12.4. The maximum atomic E-state index is 11.9. The molecule has 5 heteroatoms. The van der Waals surface area contributed by atoms with Gasteiger partial charge >= 0.3 is 5.97 Å². The Bertz CT molecular complexity index is 318. The molecule has 0 radical (unpaired) electrons. The SMILES string of the molecule is COC(=O)C1CC(=O)N([C@H]2CCCC[C@@H]2O)C1. The third-order valence-electron chi connectivity index (χ3n) is 3.79. The molecule has 0 aromatic rings. The summed E-state index contributed by atoms with van der Waals surface area (Å²) in [5.41, 5.74) is 0. The average molecular weight is 241 g/mol. The van der Waals surface area contributed by atoms with Gasteiger partial charge < -0.3 is 14.7 Å². The standard InChI is InChI=1S/C12H19NO4/c1-17-12(16)8-6-11(15)13(7-8)9-4-2-3-5-10(9)14/h8-10,14H,2-7H2,1H3/t8?,9-,10-/m0/s1. The Balaban J connectivity index is 2.02. The van der Waals surface area contributed by atoms with E-state index >= 15 is 0 Å². The minimum absolute atomic E-state index is 0.0358. The first-order chi connectivity index (χ1) is 8.13. The first-order valence-electron chi connectivity index (χ1n) is 6.19. The predicted octanol–water partition coefficient (Wildman–Crippen LogP) is 0.311. The largest absolute Gasteiger partial charge is 0.469 e. The number of ether oxygens (including phenoxy) is 1. The molecule has 0 bridgehead atoms. The Labute approximate surface area is 101 Å². The molecule has 3 atom stereocenters. The quantitative estimate of drug-likeness (QED) is 0.707. The molecule has 1 unspecified atom stereocenters. The lowest BCUT2D eigenvalue weighted by Crippen LogP contribution is -2.46. The monoisotopic (exact) mass is 241 g/mol. The molecule has 1 saturated carbocycles. The molecule has 5 nitrogen and oxygen atoms in total. The van der Waals surface area contributed by atoms with E-state index in [0.29, 0.717) is 6.54 Å². The summed E-state index contributed by atoms with van der Waals surface area (Å²) in [4.78, 5) is 24.9. The van der Waals surface area contributed by atoms with Crippen molar-refractivity contribution >= 4 is 11.9 Å². The zero-order valence-corrected chi connectivity index (χ0v) is 10.1. The zero-order valence-electron chi connectivity index (χ0n) is 10.1. The molecule has 1 aliphatic carbocycles. The second-order valence-electron chi connectivity index (χ2n) is 4.89. The van der Waals surface area contributed by atoms with E-state index in [1.807, 2.05) is 0 Å². The molecular formula is C12H19NO4. The molecule has 1 saturated heterocycles. The van der Waals surface area contributed by atoms with Gasteiger partial charge in [-0.05, 0) is 12.8 Å². The van der Waals surface area contributed by atoms with E-state index in [1.165, 1.54) is 7.11 Å². The molecule has 2 fully saturated rings. The molecule has 1 heterocycles.